The first-order chi connectivity index (χ1) is 8.49. The molecule has 1 heterocycles. The number of anilines is 1. The van der Waals surface area contributed by atoms with Gasteiger partial charge in [-0.25, -0.2) is 22.5 Å². The Morgan fingerprint density at radius 3 is 2.83 bits per heavy atom. The number of nitrogen functional groups attached to an aromatic ring is 1. The third-order valence-corrected chi connectivity index (χ3v) is 3.72. The first-order valence-corrected chi connectivity index (χ1v) is 6.50. The van der Waals surface area contributed by atoms with Gasteiger partial charge in [0.25, 0.3) is 0 Å². The summed E-state index contributed by atoms with van der Waals surface area (Å²) in [6.45, 7) is 0.00610. The Kier molecular flexibility index (Phi) is 3.30. The largest absolute Gasteiger partial charge is 0.398 e. The minimum absolute atomic E-state index is 0.00610. The fourth-order valence-corrected chi connectivity index (χ4v) is 2.50. The SMILES string of the molecule is Nc1cc(F)ccc1S(=O)(=O)NCc1ncc[nH]1. The number of benzene rings is 1. The third kappa shape index (κ3) is 2.66. The van der Waals surface area contributed by atoms with Crippen LogP contribution in [0.1, 0.15) is 5.82 Å². The van der Waals surface area contributed by atoms with Gasteiger partial charge in [-0.3, -0.25) is 0 Å². The van der Waals surface area contributed by atoms with Gasteiger partial charge in [0.1, 0.15) is 16.5 Å². The quantitative estimate of drug-likeness (QED) is 0.708. The van der Waals surface area contributed by atoms with E-state index in [4.69, 9.17) is 5.73 Å². The Hall–Kier alpha value is -1.93. The molecule has 4 N–H and O–H groups in total. The molecule has 0 unspecified atom stereocenters. The number of aromatic nitrogens is 2. The molecule has 96 valence electrons. The predicted molar refractivity (Wildman–Crippen MR) is 63.4 cm³/mol. The lowest BCUT2D eigenvalue weighted by Gasteiger charge is -2.08. The maximum absolute atomic E-state index is 12.8. The third-order valence-electron chi connectivity index (χ3n) is 2.25. The molecule has 18 heavy (non-hydrogen) atoms. The monoisotopic (exact) mass is 270 g/mol. The second-order valence-corrected chi connectivity index (χ2v) is 5.28. The Bertz CT molecular complexity index is 640. The molecule has 1 aromatic heterocycles. The molecule has 0 saturated carbocycles. The number of halogens is 1. The Labute approximate surface area is 103 Å². The predicted octanol–water partition coefficient (Wildman–Crippen LogP) is 0.610. The zero-order chi connectivity index (χ0) is 13.2. The Morgan fingerprint density at radius 1 is 1.44 bits per heavy atom. The van der Waals surface area contributed by atoms with Crippen molar-refractivity contribution in [1.29, 1.82) is 0 Å². The number of hydrogen-bond donors (Lipinski definition) is 3. The molecule has 0 radical (unpaired) electrons. The van der Waals surface area contributed by atoms with E-state index < -0.39 is 15.8 Å². The van der Waals surface area contributed by atoms with Crippen molar-refractivity contribution in [2.24, 2.45) is 0 Å². The molecule has 0 bridgehead atoms. The van der Waals surface area contributed by atoms with Crippen LogP contribution in [0.3, 0.4) is 0 Å². The highest BCUT2D eigenvalue weighted by Crippen LogP contribution is 2.18. The van der Waals surface area contributed by atoms with Gasteiger partial charge in [0, 0.05) is 12.4 Å². The summed E-state index contributed by atoms with van der Waals surface area (Å²) in [5.41, 5.74) is 5.34. The van der Waals surface area contributed by atoms with Crippen molar-refractivity contribution in [1.82, 2.24) is 14.7 Å². The van der Waals surface area contributed by atoms with Crippen LogP contribution in [0.4, 0.5) is 10.1 Å². The van der Waals surface area contributed by atoms with Gasteiger partial charge in [-0.15, -0.1) is 0 Å². The number of hydrogen-bond acceptors (Lipinski definition) is 4. The zero-order valence-corrected chi connectivity index (χ0v) is 10.0. The maximum atomic E-state index is 12.8. The molecule has 0 atom stereocenters. The van der Waals surface area contributed by atoms with Crippen LogP contribution in [0.2, 0.25) is 0 Å². The van der Waals surface area contributed by atoms with Crippen LogP contribution in [-0.2, 0) is 16.6 Å². The molecule has 6 nitrogen and oxygen atoms in total. The molecule has 0 spiro atoms. The van der Waals surface area contributed by atoms with Crippen LogP contribution in [-0.4, -0.2) is 18.4 Å². The topological polar surface area (TPSA) is 101 Å². The molecular formula is C10H11FN4O2S. The molecule has 2 rings (SSSR count). The molecule has 0 fully saturated rings. The van der Waals surface area contributed by atoms with E-state index in [-0.39, 0.29) is 17.1 Å². The lowest BCUT2D eigenvalue weighted by Crippen LogP contribution is -2.24. The number of nitrogens with one attached hydrogen (secondary N) is 2. The van der Waals surface area contributed by atoms with Crippen molar-refractivity contribution >= 4 is 15.7 Å². The second-order valence-electron chi connectivity index (χ2n) is 3.54. The van der Waals surface area contributed by atoms with E-state index in [1.54, 1.807) is 6.20 Å². The summed E-state index contributed by atoms with van der Waals surface area (Å²) in [7, 11) is -3.79. The molecule has 0 aliphatic rings. The minimum atomic E-state index is -3.79. The maximum Gasteiger partial charge on any atom is 0.243 e. The summed E-state index contributed by atoms with van der Waals surface area (Å²) in [4.78, 5) is 6.47. The van der Waals surface area contributed by atoms with Crippen molar-refractivity contribution in [3.63, 3.8) is 0 Å². The van der Waals surface area contributed by atoms with Crippen LogP contribution in [0, 0.1) is 5.82 Å². The van der Waals surface area contributed by atoms with Gasteiger partial charge in [-0.05, 0) is 18.2 Å². The number of nitrogens with zero attached hydrogens (tertiary/aromatic N) is 1. The highest BCUT2D eigenvalue weighted by molar-refractivity contribution is 7.89. The average Bonchev–Trinajstić information content (AvgIpc) is 2.78. The van der Waals surface area contributed by atoms with Gasteiger partial charge in [0.2, 0.25) is 10.0 Å². The summed E-state index contributed by atoms with van der Waals surface area (Å²) in [6.07, 6.45) is 3.09. The zero-order valence-electron chi connectivity index (χ0n) is 9.22. The standard InChI is InChI=1S/C10H11FN4O2S/c11-7-1-2-9(8(12)5-7)18(16,17)15-6-10-13-3-4-14-10/h1-5,15H,6,12H2,(H,13,14). The fourth-order valence-electron chi connectivity index (χ4n) is 1.40. The van der Waals surface area contributed by atoms with Crippen LogP contribution >= 0.6 is 0 Å². The Balaban J connectivity index is 2.20. The van der Waals surface area contributed by atoms with E-state index in [2.05, 4.69) is 14.7 Å². The molecule has 8 heteroatoms. The molecule has 2 aromatic rings. The van der Waals surface area contributed by atoms with Gasteiger partial charge in [-0.1, -0.05) is 0 Å². The van der Waals surface area contributed by atoms with E-state index in [0.29, 0.717) is 5.82 Å². The van der Waals surface area contributed by atoms with E-state index in [0.717, 1.165) is 18.2 Å². The lowest BCUT2D eigenvalue weighted by atomic mass is 10.3. The van der Waals surface area contributed by atoms with Crippen molar-refractivity contribution in [3.05, 3.63) is 42.2 Å². The normalized spacial score (nSPS) is 11.6. The highest BCUT2D eigenvalue weighted by Gasteiger charge is 2.17. The number of sulfonamides is 1. The summed E-state index contributed by atoms with van der Waals surface area (Å²) < 4.78 is 39.0. The smallest absolute Gasteiger partial charge is 0.243 e. The summed E-state index contributed by atoms with van der Waals surface area (Å²) in [5.74, 6) is -0.114. The fraction of sp³-hybridized carbons (Fsp3) is 0.100. The van der Waals surface area contributed by atoms with Gasteiger partial charge in [0.05, 0.1) is 12.2 Å². The highest BCUT2D eigenvalue weighted by atomic mass is 32.2. The van der Waals surface area contributed by atoms with E-state index in [1.165, 1.54) is 6.20 Å². The summed E-state index contributed by atoms with van der Waals surface area (Å²) in [6, 6.07) is 3.12. The molecule has 0 aliphatic carbocycles. The van der Waals surface area contributed by atoms with Crippen molar-refractivity contribution in [2.45, 2.75) is 11.4 Å². The molecule has 1 aromatic carbocycles. The number of rotatable bonds is 4. The van der Waals surface area contributed by atoms with Gasteiger partial charge >= 0.3 is 0 Å². The van der Waals surface area contributed by atoms with Gasteiger partial charge in [0.15, 0.2) is 0 Å². The van der Waals surface area contributed by atoms with Crippen LogP contribution in [0.15, 0.2) is 35.5 Å². The van der Waals surface area contributed by atoms with Gasteiger partial charge < -0.3 is 10.7 Å². The number of aromatic amines is 1. The van der Waals surface area contributed by atoms with Gasteiger partial charge in [-0.2, -0.15) is 0 Å². The van der Waals surface area contributed by atoms with Crippen LogP contribution < -0.4 is 10.5 Å². The van der Waals surface area contributed by atoms with Crippen LogP contribution in [0.25, 0.3) is 0 Å². The van der Waals surface area contributed by atoms with Crippen molar-refractivity contribution in [3.8, 4) is 0 Å². The first kappa shape index (κ1) is 12.5. The van der Waals surface area contributed by atoms with Crippen LogP contribution in [0.5, 0.6) is 0 Å². The average molecular weight is 270 g/mol. The Morgan fingerprint density at radius 2 is 2.22 bits per heavy atom. The van der Waals surface area contributed by atoms with E-state index in [1.807, 2.05) is 0 Å². The number of imidazole rings is 1. The number of nitrogens with two attached hydrogens (primary N) is 1. The second kappa shape index (κ2) is 4.75. The first-order valence-electron chi connectivity index (χ1n) is 5.02. The molecule has 0 aliphatic heterocycles. The molecule has 0 amide bonds. The van der Waals surface area contributed by atoms with E-state index >= 15 is 0 Å². The minimum Gasteiger partial charge on any atom is -0.398 e. The lowest BCUT2D eigenvalue weighted by molar-refractivity contribution is 0.579. The number of H-pyrrole nitrogens is 1. The van der Waals surface area contributed by atoms with Crippen molar-refractivity contribution in [2.75, 3.05) is 5.73 Å². The van der Waals surface area contributed by atoms with E-state index in [9.17, 15) is 12.8 Å². The molecular weight excluding hydrogens is 259 g/mol. The summed E-state index contributed by atoms with van der Waals surface area (Å²) in [5, 5.41) is 0. The van der Waals surface area contributed by atoms with Crippen molar-refractivity contribution < 1.29 is 12.8 Å². The molecule has 0 saturated heterocycles. The summed E-state index contributed by atoms with van der Waals surface area (Å²) >= 11 is 0.